The summed E-state index contributed by atoms with van der Waals surface area (Å²) in [6, 6.07) is 7.50. The number of aryl methyl sites for hydroxylation is 1. The van der Waals surface area contributed by atoms with E-state index in [-0.39, 0.29) is 0 Å². The van der Waals surface area contributed by atoms with Crippen LogP contribution in [0.15, 0.2) is 30.5 Å². The van der Waals surface area contributed by atoms with Crippen LogP contribution in [0.2, 0.25) is 0 Å². The quantitative estimate of drug-likeness (QED) is 0.628. The molecular formula is C10H10BNO2. The maximum atomic E-state index is 9.22. The van der Waals surface area contributed by atoms with Gasteiger partial charge in [0.2, 0.25) is 0 Å². The number of hydrogen-bond donors (Lipinski definition) is 2. The van der Waals surface area contributed by atoms with Crippen molar-refractivity contribution in [3.8, 4) is 0 Å². The molecular weight excluding hydrogens is 177 g/mol. The molecule has 1 aromatic heterocycles. The number of fused-ring (bicyclic) bond motifs is 1. The molecule has 1 heterocycles. The van der Waals surface area contributed by atoms with E-state index in [0.717, 1.165) is 10.9 Å². The molecule has 0 radical (unpaired) electrons. The smallest absolute Gasteiger partial charge is 0.423 e. The summed E-state index contributed by atoms with van der Waals surface area (Å²) in [7, 11) is -1.46. The normalized spacial score (nSPS) is 10.5. The minimum atomic E-state index is -1.46. The summed E-state index contributed by atoms with van der Waals surface area (Å²) < 4.78 is 0. The lowest BCUT2D eigenvalue weighted by Crippen LogP contribution is -2.33. The summed E-state index contributed by atoms with van der Waals surface area (Å²) in [4.78, 5) is 4.14. The topological polar surface area (TPSA) is 53.4 Å². The van der Waals surface area contributed by atoms with Crippen LogP contribution in [0.25, 0.3) is 10.9 Å². The van der Waals surface area contributed by atoms with E-state index in [9.17, 15) is 10.0 Å². The Balaban J connectivity index is 2.83. The van der Waals surface area contributed by atoms with E-state index in [2.05, 4.69) is 4.98 Å². The minimum Gasteiger partial charge on any atom is -0.423 e. The first-order valence-corrected chi connectivity index (χ1v) is 4.40. The van der Waals surface area contributed by atoms with E-state index in [1.165, 1.54) is 0 Å². The van der Waals surface area contributed by atoms with Gasteiger partial charge in [0.25, 0.3) is 0 Å². The van der Waals surface area contributed by atoms with Crippen molar-refractivity contribution >= 4 is 23.5 Å². The predicted molar refractivity (Wildman–Crippen MR) is 56.3 cm³/mol. The Morgan fingerprint density at radius 1 is 1.21 bits per heavy atom. The molecule has 0 unspecified atom stereocenters. The Hall–Kier alpha value is -1.39. The van der Waals surface area contributed by atoms with Gasteiger partial charge in [0.05, 0.1) is 5.52 Å². The van der Waals surface area contributed by atoms with Gasteiger partial charge in [-0.05, 0) is 23.9 Å². The lowest BCUT2D eigenvalue weighted by atomic mass is 9.76. The van der Waals surface area contributed by atoms with Crippen LogP contribution in [0.5, 0.6) is 0 Å². The van der Waals surface area contributed by atoms with Gasteiger partial charge >= 0.3 is 7.12 Å². The molecule has 0 saturated heterocycles. The largest absolute Gasteiger partial charge is 0.490 e. The molecule has 0 saturated carbocycles. The van der Waals surface area contributed by atoms with E-state index in [4.69, 9.17) is 0 Å². The van der Waals surface area contributed by atoms with Gasteiger partial charge in [-0.15, -0.1) is 0 Å². The van der Waals surface area contributed by atoms with Crippen LogP contribution in [-0.4, -0.2) is 22.2 Å². The fraction of sp³-hybridized carbons (Fsp3) is 0.100. The Labute approximate surface area is 82.2 Å². The van der Waals surface area contributed by atoms with Gasteiger partial charge in [-0.3, -0.25) is 4.98 Å². The molecule has 0 atom stereocenters. The van der Waals surface area contributed by atoms with Crippen molar-refractivity contribution in [3.63, 3.8) is 0 Å². The highest BCUT2D eigenvalue weighted by molar-refractivity contribution is 6.62. The van der Waals surface area contributed by atoms with Crippen LogP contribution < -0.4 is 5.46 Å². The first-order chi connectivity index (χ1) is 6.70. The zero-order chi connectivity index (χ0) is 10.1. The standard InChI is InChI=1S/C10H10BNO2/c1-7-4-5-8-3-2-6-12-10(8)9(7)11(13)14/h2-6,13-14H,1H3. The van der Waals surface area contributed by atoms with Crippen molar-refractivity contribution in [2.24, 2.45) is 0 Å². The number of nitrogens with zero attached hydrogens (tertiary/aromatic N) is 1. The zero-order valence-corrected chi connectivity index (χ0v) is 7.81. The fourth-order valence-electron chi connectivity index (χ4n) is 1.59. The summed E-state index contributed by atoms with van der Waals surface area (Å²) in [5, 5.41) is 19.4. The summed E-state index contributed by atoms with van der Waals surface area (Å²) >= 11 is 0. The number of benzene rings is 1. The van der Waals surface area contributed by atoms with Gasteiger partial charge in [-0.25, -0.2) is 0 Å². The Morgan fingerprint density at radius 2 is 2.00 bits per heavy atom. The Kier molecular flexibility index (Phi) is 2.23. The number of hydrogen-bond acceptors (Lipinski definition) is 3. The molecule has 0 spiro atoms. The second-order valence-electron chi connectivity index (χ2n) is 3.24. The predicted octanol–water partition coefficient (Wildman–Crippen LogP) is 0.223. The Bertz CT molecular complexity index is 471. The lowest BCUT2D eigenvalue weighted by Gasteiger charge is -2.07. The summed E-state index contributed by atoms with van der Waals surface area (Å²) in [5.41, 5.74) is 1.98. The molecule has 4 heteroatoms. The van der Waals surface area contributed by atoms with Crippen LogP contribution in [0.1, 0.15) is 5.56 Å². The SMILES string of the molecule is Cc1ccc2cccnc2c1B(O)O. The van der Waals surface area contributed by atoms with Crippen molar-refractivity contribution in [2.75, 3.05) is 0 Å². The zero-order valence-electron chi connectivity index (χ0n) is 7.81. The van der Waals surface area contributed by atoms with Gasteiger partial charge in [0.15, 0.2) is 0 Å². The van der Waals surface area contributed by atoms with Crippen LogP contribution >= 0.6 is 0 Å². The minimum absolute atomic E-state index is 0.489. The number of aromatic nitrogens is 1. The van der Waals surface area contributed by atoms with Crippen molar-refractivity contribution in [1.82, 2.24) is 4.98 Å². The molecule has 2 rings (SSSR count). The van der Waals surface area contributed by atoms with E-state index >= 15 is 0 Å². The highest BCUT2D eigenvalue weighted by atomic mass is 16.4. The lowest BCUT2D eigenvalue weighted by molar-refractivity contribution is 0.426. The van der Waals surface area contributed by atoms with E-state index in [1.54, 1.807) is 6.20 Å². The molecule has 2 aromatic rings. The maximum Gasteiger partial charge on any atom is 0.490 e. The van der Waals surface area contributed by atoms with Gasteiger partial charge in [0, 0.05) is 11.7 Å². The number of rotatable bonds is 1. The second kappa shape index (κ2) is 3.40. The maximum absolute atomic E-state index is 9.22. The highest BCUT2D eigenvalue weighted by Crippen LogP contribution is 2.10. The van der Waals surface area contributed by atoms with Crippen molar-refractivity contribution in [1.29, 1.82) is 0 Å². The van der Waals surface area contributed by atoms with Crippen molar-refractivity contribution in [3.05, 3.63) is 36.0 Å². The summed E-state index contributed by atoms with van der Waals surface area (Å²) in [6.45, 7) is 1.84. The average molecular weight is 187 g/mol. The third-order valence-electron chi connectivity index (χ3n) is 2.29. The molecule has 0 aliphatic heterocycles. The van der Waals surface area contributed by atoms with Crippen LogP contribution in [0.4, 0.5) is 0 Å². The van der Waals surface area contributed by atoms with Crippen molar-refractivity contribution < 1.29 is 10.0 Å². The van der Waals surface area contributed by atoms with Crippen LogP contribution in [0, 0.1) is 6.92 Å². The van der Waals surface area contributed by atoms with Crippen LogP contribution in [-0.2, 0) is 0 Å². The molecule has 2 N–H and O–H groups in total. The monoisotopic (exact) mass is 187 g/mol. The summed E-state index contributed by atoms with van der Waals surface area (Å²) in [5.74, 6) is 0. The molecule has 3 nitrogen and oxygen atoms in total. The molecule has 0 amide bonds. The summed E-state index contributed by atoms with van der Waals surface area (Å²) in [6.07, 6.45) is 1.65. The molecule has 0 bridgehead atoms. The van der Waals surface area contributed by atoms with Gasteiger partial charge in [-0.1, -0.05) is 18.2 Å². The fourth-order valence-corrected chi connectivity index (χ4v) is 1.59. The first-order valence-electron chi connectivity index (χ1n) is 4.40. The first kappa shape index (κ1) is 9.18. The molecule has 14 heavy (non-hydrogen) atoms. The molecule has 0 aliphatic rings. The van der Waals surface area contributed by atoms with Crippen molar-refractivity contribution in [2.45, 2.75) is 6.92 Å². The molecule has 0 fully saturated rings. The van der Waals surface area contributed by atoms with Gasteiger partial charge in [0.1, 0.15) is 0 Å². The third-order valence-corrected chi connectivity index (χ3v) is 2.29. The molecule has 0 aliphatic carbocycles. The van der Waals surface area contributed by atoms with E-state index in [0.29, 0.717) is 11.0 Å². The van der Waals surface area contributed by atoms with E-state index in [1.807, 2.05) is 31.2 Å². The van der Waals surface area contributed by atoms with Gasteiger partial charge in [-0.2, -0.15) is 0 Å². The third kappa shape index (κ3) is 1.39. The van der Waals surface area contributed by atoms with Gasteiger partial charge < -0.3 is 10.0 Å². The second-order valence-corrected chi connectivity index (χ2v) is 3.24. The van der Waals surface area contributed by atoms with E-state index < -0.39 is 7.12 Å². The highest BCUT2D eigenvalue weighted by Gasteiger charge is 2.17. The number of pyridine rings is 1. The van der Waals surface area contributed by atoms with Crippen LogP contribution in [0.3, 0.4) is 0 Å². The Morgan fingerprint density at radius 3 is 2.71 bits per heavy atom. The average Bonchev–Trinajstić information content (AvgIpc) is 2.17. The molecule has 1 aromatic carbocycles. The molecule has 70 valence electrons.